The van der Waals surface area contributed by atoms with Gasteiger partial charge in [-0.25, -0.2) is 0 Å². The van der Waals surface area contributed by atoms with Gasteiger partial charge in [-0.2, -0.15) is 0 Å². The van der Waals surface area contributed by atoms with Crippen LogP contribution in [0.1, 0.15) is 10.4 Å². The molecule has 0 spiro atoms. The summed E-state index contributed by atoms with van der Waals surface area (Å²) in [6.45, 7) is 5.82. The number of halogens is 1. The first-order valence-corrected chi connectivity index (χ1v) is 5.89. The van der Waals surface area contributed by atoms with Gasteiger partial charge in [0.2, 0.25) is 0 Å². The fourth-order valence-electron chi connectivity index (χ4n) is 1.44. The van der Waals surface area contributed by atoms with Crippen LogP contribution in [0, 0.1) is 6.92 Å². The van der Waals surface area contributed by atoms with Crippen LogP contribution in [0.15, 0.2) is 36.9 Å². The third-order valence-corrected chi connectivity index (χ3v) is 3.62. The summed E-state index contributed by atoms with van der Waals surface area (Å²) in [5.41, 5.74) is 2.15. The zero-order chi connectivity index (χ0) is 10.8. The quantitative estimate of drug-likeness (QED) is 0.685. The Hall–Kier alpha value is -1.05. The van der Waals surface area contributed by atoms with Crippen LogP contribution in [-0.4, -0.2) is 0 Å². The van der Waals surface area contributed by atoms with Gasteiger partial charge in [0.1, 0.15) is 0 Å². The van der Waals surface area contributed by atoms with E-state index < -0.39 is 0 Å². The number of hydrogen-bond acceptors (Lipinski definition) is 1. The van der Waals surface area contributed by atoms with Gasteiger partial charge in [-0.15, -0.1) is 11.3 Å². The molecule has 15 heavy (non-hydrogen) atoms. The van der Waals surface area contributed by atoms with Crippen LogP contribution in [0.25, 0.3) is 16.5 Å². The van der Waals surface area contributed by atoms with Crippen molar-refractivity contribution in [3.8, 4) is 10.4 Å². The highest BCUT2D eigenvalue weighted by molar-refractivity contribution is 7.15. The van der Waals surface area contributed by atoms with E-state index in [4.69, 9.17) is 11.6 Å². The molecule has 0 N–H and O–H groups in total. The van der Waals surface area contributed by atoms with Crippen molar-refractivity contribution >= 4 is 29.0 Å². The first-order chi connectivity index (χ1) is 7.20. The smallest absolute Gasteiger partial charge is 0.0484 e. The summed E-state index contributed by atoms with van der Waals surface area (Å²) in [6, 6.07) is 10.3. The molecule has 0 bridgehead atoms. The summed E-state index contributed by atoms with van der Waals surface area (Å²) in [5, 5.41) is 0.758. The van der Waals surface area contributed by atoms with Crippen LogP contribution >= 0.6 is 22.9 Å². The molecule has 0 nitrogen and oxygen atoms in total. The maximum Gasteiger partial charge on any atom is 0.0484 e. The Kier molecular flexibility index (Phi) is 2.94. The average Bonchev–Trinajstić information content (AvgIpc) is 2.65. The zero-order valence-corrected chi connectivity index (χ0v) is 10.0. The Labute approximate surface area is 98.8 Å². The van der Waals surface area contributed by atoms with Crippen LogP contribution in [0.2, 0.25) is 5.02 Å². The van der Waals surface area contributed by atoms with Crippen molar-refractivity contribution in [1.29, 1.82) is 0 Å². The topological polar surface area (TPSA) is 0 Å². The first kappa shape index (κ1) is 10.5. The van der Waals surface area contributed by atoms with Crippen LogP contribution in [0.5, 0.6) is 0 Å². The number of benzene rings is 1. The van der Waals surface area contributed by atoms with E-state index in [1.165, 1.54) is 15.3 Å². The minimum absolute atomic E-state index is 0.758. The molecule has 76 valence electrons. The molecule has 0 atom stereocenters. The lowest BCUT2D eigenvalue weighted by Gasteiger charge is -2.01. The van der Waals surface area contributed by atoms with Crippen molar-refractivity contribution in [3.63, 3.8) is 0 Å². The van der Waals surface area contributed by atoms with E-state index >= 15 is 0 Å². The Morgan fingerprint density at radius 3 is 2.60 bits per heavy atom. The Balaban J connectivity index is 2.46. The molecule has 0 saturated heterocycles. The number of aryl methyl sites for hydroxylation is 1. The zero-order valence-electron chi connectivity index (χ0n) is 8.46. The molecule has 0 aliphatic heterocycles. The van der Waals surface area contributed by atoms with Gasteiger partial charge in [-0.3, -0.25) is 0 Å². The van der Waals surface area contributed by atoms with E-state index in [1.54, 1.807) is 17.4 Å². The molecule has 0 aliphatic carbocycles. The number of rotatable bonds is 2. The van der Waals surface area contributed by atoms with Crippen LogP contribution in [-0.2, 0) is 0 Å². The van der Waals surface area contributed by atoms with Crippen LogP contribution in [0.3, 0.4) is 0 Å². The predicted molar refractivity (Wildman–Crippen MR) is 69.6 cm³/mol. The molecule has 0 fully saturated rings. The molecule has 0 aliphatic rings. The molecule has 0 radical (unpaired) electrons. The molecule has 1 aromatic carbocycles. The molecule has 2 rings (SSSR count). The van der Waals surface area contributed by atoms with Gasteiger partial charge in [-0.1, -0.05) is 36.4 Å². The van der Waals surface area contributed by atoms with E-state index in [0.29, 0.717) is 0 Å². The maximum atomic E-state index is 6.12. The molecular formula is C13H11ClS. The molecule has 2 heteroatoms. The van der Waals surface area contributed by atoms with E-state index in [-0.39, 0.29) is 0 Å². The van der Waals surface area contributed by atoms with Gasteiger partial charge < -0.3 is 0 Å². The van der Waals surface area contributed by atoms with Gasteiger partial charge >= 0.3 is 0 Å². The summed E-state index contributed by atoms with van der Waals surface area (Å²) in [4.78, 5) is 2.57. The lowest BCUT2D eigenvalue weighted by atomic mass is 10.1. The van der Waals surface area contributed by atoms with Crippen molar-refractivity contribution in [2.45, 2.75) is 6.92 Å². The number of thiophene rings is 1. The summed E-state index contributed by atoms with van der Waals surface area (Å²) in [5.74, 6) is 0. The SMILES string of the molecule is C=Cc1ccc(-c2ccc(C)s2)cc1Cl. The van der Waals surface area contributed by atoms with E-state index in [1.807, 2.05) is 12.1 Å². The largest absolute Gasteiger partial charge is 0.141 e. The lowest BCUT2D eigenvalue weighted by Crippen LogP contribution is -1.77. The molecule has 0 amide bonds. The van der Waals surface area contributed by atoms with E-state index in [0.717, 1.165) is 10.6 Å². The van der Waals surface area contributed by atoms with Gasteiger partial charge in [0.15, 0.2) is 0 Å². The second-order valence-electron chi connectivity index (χ2n) is 3.35. The Morgan fingerprint density at radius 1 is 1.27 bits per heavy atom. The fraction of sp³-hybridized carbons (Fsp3) is 0.0769. The van der Waals surface area contributed by atoms with Crippen LogP contribution in [0.4, 0.5) is 0 Å². The lowest BCUT2D eigenvalue weighted by molar-refractivity contribution is 1.63. The standard InChI is InChI=1S/C13H11ClS/c1-3-10-5-6-11(8-12(10)14)13-7-4-9(2)15-13/h3-8H,1H2,2H3. The minimum Gasteiger partial charge on any atom is -0.141 e. The van der Waals surface area contributed by atoms with E-state index in [2.05, 4.69) is 31.7 Å². The Bertz CT molecular complexity index is 497. The van der Waals surface area contributed by atoms with Gasteiger partial charge in [0.05, 0.1) is 0 Å². The predicted octanol–water partition coefficient (Wildman–Crippen LogP) is 5.02. The van der Waals surface area contributed by atoms with Crippen molar-refractivity contribution < 1.29 is 0 Å². The van der Waals surface area contributed by atoms with E-state index in [9.17, 15) is 0 Å². The highest BCUT2D eigenvalue weighted by atomic mass is 35.5. The molecule has 0 unspecified atom stereocenters. The summed E-state index contributed by atoms with van der Waals surface area (Å²) in [7, 11) is 0. The highest BCUT2D eigenvalue weighted by Gasteiger charge is 2.03. The second kappa shape index (κ2) is 4.21. The molecule has 2 aromatic rings. The van der Waals surface area contributed by atoms with Crippen molar-refractivity contribution in [2.24, 2.45) is 0 Å². The summed E-state index contributed by atoms with van der Waals surface area (Å²) < 4.78 is 0. The molecule has 0 saturated carbocycles. The summed E-state index contributed by atoms with van der Waals surface area (Å²) in [6.07, 6.45) is 1.77. The number of hydrogen-bond donors (Lipinski definition) is 0. The minimum atomic E-state index is 0.758. The van der Waals surface area contributed by atoms with Gasteiger partial charge in [-0.05, 0) is 36.2 Å². The normalized spacial score (nSPS) is 10.3. The maximum absolute atomic E-state index is 6.12. The van der Waals surface area contributed by atoms with Gasteiger partial charge in [0, 0.05) is 14.8 Å². The van der Waals surface area contributed by atoms with Crippen molar-refractivity contribution in [1.82, 2.24) is 0 Å². The van der Waals surface area contributed by atoms with Crippen molar-refractivity contribution in [3.05, 3.63) is 52.4 Å². The first-order valence-electron chi connectivity index (χ1n) is 4.69. The second-order valence-corrected chi connectivity index (χ2v) is 5.05. The monoisotopic (exact) mass is 234 g/mol. The molecular weight excluding hydrogens is 224 g/mol. The van der Waals surface area contributed by atoms with Gasteiger partial charge in [0.25, 0.3) is 0 Å². The fourth-order valence-corrected chi connectivity index (χ4v) is 2.56. The molecule has 1 heterocycles. The van der Waals surface area contributed by atoms with Crippen LogP contribution < -0.4 is 0 Å². The molecule has 1 aromatic heterocycles. The Morgan fingerprint density at radius 2 is 2.07 bits per heavy atom. The summed E-state index contributed by atoms with van der Waals surface area (Å²) >= 11 is 7.90. The highest BCUT2D eigenvalue weighted by Crippen LogP contribution is 2.30. The third-order valence-electron chi connectivity index (χ3n) is 2.25. The van der Waals surface area contributed by atoms with Crippen molar-refractivity contribution in [2.75, 3.05) is 0 Å². The average molecular weight is 235 g/mol. The third kappa shape index (κ3) is 2.14.